The van der Waals surface area contributed by atoms with E-state index in [1.807, 2.05) is 30.3 Å². The van der Waals surface area contributed by atoms with Gasteiger partial charge in [-0.3, -0.25) is 0 Å². The van der Waals surface area contributed by atoms with Gasteiger partial charge in [0.05, 0.1) is 6.61 Å². The Bertz CT molecular complexity index is 410. The standard InChI is InChI=1S/C18H39N.C8H9IO/c1-4-5-6-7-8-9-10-11-12-13-14-15-16-17-18-19(2)3;9-6-7-10-8-4-2-1-3-5-8/h4-18H2,1-3H3;1-5H,6-7H2. The first-order chi connectivity index (χ1) is 14.2. The van der Waals surface area contributed by atoms with E-state index >= 15 is 0 Å². The van der Waals surface area contributed by atoms with Crippen molar-refractivity contribution in [3.05, 3.63) is 30.3 Å². The molecular formula is C26H48INO. The van der Waals surface area contributed by atoms with E-state index in [0.29, 0.717) is 0 Å². The number of alkyl halides is 1. The van der Waals surface area contributed by atoms with Gasteiger partial charge in [0.25, 0.3) is 0 Å². The van der Waals surface area contributed by atoms with Gasteiger partial charge in [0.15, 0.2) is 0 Å². The molecule has 0 aliphatic heterocycles. The zero-order valence-corrected chi connectivity index (χ0v) is 21.8. The van der Waals surface area contributed by atoms with Gasteiger partial charge in [0.2, 0.25) is 0 Å². The topological polar surface area (TPSA) is 12.5 Å². The van der Waals surface area contributed by atoms with Gasteiger partial charge in [-0.25, -0.2) is 0 Å². The molecule has 0 heterocycles. The molecule has 29 heavy (non-hydrogen) atoms. The third-order valence-electron chi connectivity index (χ3n) is 5.05. The summed E-state index contributed by atoms with van der Waals surface area (Å²) in [4.78, 5) is 2.29. The summed E-state index contributed by atoms with van der Waals surface area (Å²) in [6, 6.07) is 9.86. The lowest BCUT2D eigenvalue weighted by molar-refractivity contribution is 0.346. The molecule has 1 aromatic rings. The number of halogens is 1. The van der Waals surface area contributed by atoms with Gasteiger partial charge < -0.3 is 9.64 Å². The molecule has 170 valence electrons. The summed E-state index contributed by atoms with van der Waals surface area (Å²) in [5, 5.41) is 0. The van der Waals surface area contributed by atoms with Gasteiger partial charge in [-0.05, 0) is 39.2 Å². The van der Waals surface area contributed by atoms with Crippen LogP contribution in [-0.2, 0) is 0 Å². The van der Waals surface area contributed by atoms with E-state index in [-0.39, 0.29) is 0 Å². The van der Waals surface area contributed by atoms with Crippen molar-refractivity contribution in [2.75, 3.05) is 31.7 Å². The van der Waals surface area contributed by atoms with Crippen LogP contribution < -0.4 is 4.74 Å². The maximum absolute atomic E-state index is 5.35. The van der Waals surface area contributed by atoms with Crippen molar-refractivity contribution in [1.29, 1.82) is 0 Å². The molecule has 0 spiro atoms. The van der Waals surface area contributed by atoms with Gasteiger partial charge >= 0.3 is 0 Å². The molecule has 0 radical (unpaired) electrons. The van der Waals surface area contributed by atoms with Crippen molar-refractivity contribution in [1.82, 2.24) is 4.90 Å². The molecule has 1 rings (SSSR count). The first kappa shape index (κ1) is 28.7. The van der Waals surface area contributed by atoms with Crippen LogP contribution in [0.2, 0.25) is 0 Å². The number of hydrogen-bond acceptors (Lipinski definition) is 2. The van der Waals surface area contributed by atoms with Gasteiger partial charge in [-0.1, -0.05) is 131 Å². The van der Waals surface area contributed by atoms with Crippen LogP contribution in [0.4, 0.5) is 0 Å². The van der Waals surface area contributed by atoms with E-state index in [2.05, 4.69) is 48.5 Å². The maximum Gasteiger partial charge on any atom is 0.119 e. The number of ether oxygens (including phenoxy) is 1. The summed E-state index contributed by atoms with van der Waals surface area (Å²) in [5.41, 5.74) is 0. The molecule has 3 heteroatoms. The highest BCUT2D eigenvalue weighted by atomic mass is 127. The molecule has 0 N–H and O–H groups in total. The van der Waals surface area contributed by atoms with Crippen LogP contribution in [0.5, 0.6) is 5.75 Å². The number of unbranched alkanes of at least 4 members (excludes halogenated alkanes) is 13. The molecule has 0 unspecified atom stereocenters. The molecule has 0 amide bonds. The fraction of sp³-hybridized carbons (Fsp3) is 0.769. The Morgan fingerprint density at radius 3 is 1.55 bits per heavy atom. The van der Waals surface area contributed by atoms with Crippen LogP contribution in [0.3, 0.4) is 0 Å². The fourth-order valence-electron chi connectivity index (χ4n) is 3.30. The highest BCUT2D eigenvalue weighted by Crippen LogP contribution is 2.13. The zero-order valence-electron chi connectivity index (χ0n) is 19.6. The summed E-state index contributed by atoms with van der Waals surface area (Å²) >= 11 is 2.29. The number of hydrogen-bond donors (Lipinski definition) is 0. The summed E-state index contributed by atoms with van der Waals surface area (Å²) in [6.45, 7) is 4.35. The van der Waals surface area contributed by atoms with Gasteiger partial charge in [-0.2, -0.15) is 0 Å². The average Bonchev–Trinajstić information content (AvgIpc) is 2.73. The minimum Gasteiger partial charge on any atom is -0.493 e. The van der Waals surface area contributed by atoms with E-state index in [1.165, 1.54) is 96.4 Å². The summed E-state index contributed by atoms with van der Waals surface area (Å²) in [5.74, 6) is 0.958. The van der Waals surface area contributed by atoms with Crippen LogP contribution >= 0.6 is 22.6 Å². The minimum absolute atomic E-state index is 0.796. The minimum atomic E-state index is 0.796. The van der Waals surface area contributed by atoms with E-state index in [1.54, 1.807) is 0 Å². The van der Waals surface area contributed by atoms with Gasteiger partial charge in [0, 0.05) is 4.43 Å². The van der Waals surface area contributed by atoms with Crippen molar-refractivity contribution >= 4 is 22.6 Å². The quantitative estimate of drug-likeness (QED) is 0.110. The SMILES string of the molecule is CCCCCCCCCCCCCCCCN(C)C.ICCOc1ccccc1. The molecule has 1 aromatic carbocycles. The summed E-state index contributed by atoms with van der Waals surface area (Å²) < 4.78 is 6.38. The van der Waals surface area contributed by atoms with Crippen LogP contribution in [0.15, 0.2) is 30.3 Å². The number of rotatable bonds is 18. The highest BCUT2D eigenvalue weighted by Gasteiger charge is 1.94. The Balaban J connectivity index is 0.000000651. The van der Waals surface area contributed by atoms with Gasteiger partial charge in [-0.15, -0.1) is 0 Å². The predicted octanol–water partition coefficient (Wildman–Crippen LogP) is 8.53. The van der Waals surface area contributed by atoms with E-state index < -0.39 is 0 Å². The van der Waals surface area contributed by atoms with Crippen LogP contribution in [-0.4, -0.2) is 36.6 Å². The van der Waals surface area contributed by atoms with Crippen molar-refractivity contribution in [3.8, 4) is 5.75 Å². The average molecular weight is 518 g/mol. The maximum atomic E-state index is 5.35. The summed E-state index contributed by atoms with van der Waals surface area (Å²) in [6.07, 6.45) is 20.3. The van der Waals surface area contributed by atoms with Crippen molar-refractivity contribution < 1.29 is 4.74 Å². The first-order valence-electron chi connectivity index (χ1n) is 12.1. The Morgan fingerprint density at radius 2 is 1.14 bits per heavy atom. The van der Waals surface area contributed by atoms with Crippen LogP contribution in [0.25, 0.3) is 0 Å². The molecule has 0 fully saturated rings. The molecule has 0 aliphatic carbocycles. The second kappa shape index (κ2) is 24.0. The first-order valence-corrected chi connectivity index (χ1v) is 13.6. The lowest BCUT2D eigenvalue weighted by Gasteiger charge is -2.08. The Hall–Kier alpha value is -0.290. The fourth-order valence-corrected chi connectivity index (χ4v) is 3.52. The normalized spacial score (nSPS) is 10.7. The lowest BCUT2D eigenvalue weighted by atomic mass is 10.0. The second-order valence-corrected chi connectivity index (χ2v) is 9.33. The monoisotopic (exact) mass is 517 g/mol. The third kappa shape index (κ3) is 23.9. The van der Waals surface area contributed by atoms with E-state index in [4.69, 9.17) is 4.74 Å². The Kier molecular flexibility index (Phi) is 23.7. The molecule has 0 saturated heterocycles. The molecule has 0 atom stereocenters. The van der Waals surface area contributed by atoms with Crippen molar-refractivity contribution in [2.24, 2.45) is 0 Å². The molecule has 0 aliphatic rings. The summed E-state index contributed by atoms with van der Waals surface area (Å²) in [7, 11) is 4.34. The second-order valence-electron chi connectivity index (χ2n) is 8.25. The molecule has 0 aromatic heterocycles. The molecule has 2 nitrogen and oxygen atoms in total. The zero-order chi connectivity index (χ0) is 21.4. The molecule has 0 saturated carbocycles. The number of benzene rings is 1. The van der Waals surface area contributed by atoms with Crippen LogP contribution in [0.1, 0.15) is 96.8 Å². The Morgan fingerprint density at radius 1 is 0.690 bits per heavy atom. The lowest BCUT2D eigenvalue weighted by Crippen LogP contribution is -2.12. The van der Waals surface area contributed by atoms with Crippen LogP contribution in [0, 0.1) is 0 Å². The highest BCUT2D eigenvalue weighted by molar-refractivity contribution is 14.1. The largest absolute Gasteiger partial charge is 0.493 e. The van der Waals surface area contributed by atoms with E-state index in [0.717, 1.165) is 16.8 Å². The number of para-hydroxylation sites is 1. The number of nitrogens with zero attached hydrogens (tertiary/aromatic N) is 1. The van der Waals surface area contributed by atoms with Crippen molar-refractivity contribution in [2.45, 2.75) is 96.8 Å². The predicted molar refractivity (Wildman–Crippen MR) is 140 cm³/mol. The van der Waals surface area contributed by atoms with E-state index in [9.17, 15) is 0 Å². The Labute approximate surface area is 196 Å². The van der Waals surface area contributed by atoms with Gasteiger partial charge in [0.1, 0.15) is 5.75 Å². The smallest absolute Gasteiger partial charge is 0.119 e. The molecule has 0 bridgehead atoms. The molecular weight excluding hydrogens is 469 g/mol. The van der Waals surface area contributed by atoms with Crippen molar-refractivity contribution in [3.63, 3.8) is 0 Å². The third-order valence-corrected chi connectivity index (χ3v) is 5.49.